The van der Waals surface area contributed by atoms with Crippen molar-refractivity contribution >= 4 is 40.6 Å². The van der Waals surface area contributed by atoms with Crippen LogP contribution in [0.1, 0.15) is 25.7 Å². The molecular formula is C21H23ClN4O2. The largest absolute Gasteiger partial charge is 0.357 e. The summed E-state index contributed by atoms with van der Waals surface area (Å²) in [4.78, 5) is 33.4. The van der Waals surface area contributed by atoms with Gasteiger partial charge < -0.3 is 15.1 Å². The number of benzene rings is 1. The van der Waals surface area contributed by atoms with E-state index in [9.17, 15) is 9.59 Å². The number of aromatic nitrogens is 1. The first kappa shape index (κ1) is 18.7. The van der Waals surface area contributed by atoms with Crippen LogP contribution >= 0.6 is 11.6 Å². The highest BCUT2D eigenvalue weighted by Crippen LogP contribution is 2.31. The molecule has 0 aliphatic carbocycles. The monoisotopic (exact) mass is 398 g/mol. The van der Waals surface area contributed by atoms with Gasteiger partial charge in [0.15, 0.2) is 0 Å². The number of piperidine rings is 1. The third-order valence-electron chi connectivity index (χ3n) is 5.33. The van der Waals surface area contributed by atoms with Crippen LogP contribution in [-0.4, -0.2) is 36.4 Å². The van der Waals surface area contributed by atoms with E-state index in [4.69, 9.17) is 11.6 Å². The molecule has 1 N–H and O–H groups in total. The van der Waals surface area contributed by atoms with Crippen LogP contribution in [0.2, 0.25) is 5.02 Å². The van der Waals surface area contributed by atoms with Gasteiger partial charge in [-0.25, -0.2) is 4.98 Å². The van der Waals surface area contributed by atoms with Crippen LogP contribution in [0.25, 0.3) is 0 Å². The van der Waals surface area contributed by atoms with Gasteiger partial charge in [0.1, 0.15) is 5.82 Å². The Morgan fingerprint density at radius 1 is 1.11 bits per heavy atom. The van der Waals surface area contributed by atoms with Crippen LogP contribution in [0, 0.1) is 5.92 Å². The number of anilines is 3. The minimum atomic E-state index is -0.412. The molecule has 2 fully saturated rings. The topological polar surface area (TPSA) is 65.5 Å². The standard InChI is InChI=1S/C21H23ClN4O2/c22-17-6-2-3-7-18(17)26-14-15(12-20(26)27)21(28)24-16-8-9-19(23-13-16)25-10-4-1-5-11-25/h2-3,6-9,13,15H,1,4-5,10-12,14H2,(H,24,28). The summed E-state index contributed by atoms with van der Waals surface area (Å²) in [5.41, 5.74) is 1.30. The molecule has 146 valence electrons. The van der Waals surface area contributed by atoms with E-state index in [1.54, 1.807) is 23.2 Å². The Balaban J connectivity index is 1.39. The van der Waals surface area contributed by atoms with Gasteiger partial charge in [0.2, 0.25) is 11.8 Å². The van der Waals surface area contributed by atoms with Crippen molar-refractivity contribution in [1.82, 2.24) is 4.98 Å². The molecule has 2 aliphatic heterocycles. The van der Waals surface area contributed by atoms with Crippen LogP contribution in [0.3, 0.4) is 0 Å². The van der Waals surface area contributed by atoms with E-state index in [0.29, 0.717) is 22.9 Å². The van der Waals surface area contributed by atoms with Gasteiger partial charge in [-0.05, 0) is 43.5 Å². The van der Waals surface area contributed by atoms with E-state index in [1.807, 2.05) is 24.3 Å². The number of hydrogen-bond donors (Lipinski definition) is 1. The highest BCUT2D eigenvalue weighted by molar-refractivity contribution is 6.33. The third kappa shape index (κ3) is 3.97. The van der Waals surface area contributed by atoms with Crippen LogP contribution in [0.5, 0.6) is 0 Å². The van der Waals surface area contributed by atoms with Crippen molar-refractivity contribution in [3.8, 4) is 0 Å². The molecule has 2 aliphatic rings. The smallest absolute Gasteiger partial charge is 0.229 e. The molecule has 0 radical (unpaired) electrons. The Morgan fingerprint density at radius 3 is 2.61 bits per heavy atom. The molecule has 1 atom stereocenters. The number of carbonyl (C=O) groups excluding carboxylic acids is 2. The summed E-state index contributed by atoms with van der Waals surface area (Å²) in [5, 5.41) is 3.40. The van der Waals surface area contributed by atoms with Crippen molar-refractivity contribution in [3.63, 3.8) is 0 Å². The zero-order chi connectivity index (χ0) is 19.5. The molecule has 6 nitrogen and oxygen atoms in total. The summed E-state index contributed by atoms with van der Waals surface area (Å²) in [6.07, 6.45) is 5.52. The second-order valence-corrected chi connectivity index (χ2v) is 7.71. The average Bonchev–Trinajstić information content (AvgIpc) is 3.11. The van der Waals surface area contributed by atoms with Gasteiger partial charge in [-0.2, -0.15) is 0 Å². The molecule has 1 aromatic heterocycles. The lowest BCUT2D eigenvalue weighted by Crippen LogP contribution is -2.30. The summed E-state index contributed by atoms with van der Waals surface area (Å²) in [6, 6.07) is 11.0. The van der Waals surface area contributed by atoms with E-state index in [-0.39, 0.29) is 18.2 Å². The number of rotatable bonds is 4. The van der Waals surface area contributed by atoms with E-state index in [2.05, 4.69) is 15.2 Å². The SMILES string of the molecule is O=C(Nc1ccc(N2CCCCC2)nc1)C1CC(=O)N(c2ccccc2Cl)C1. The number of hydrogen-bond acceptors (Lipinski definition) is 4. The Kier molecular flexibility index (Phi) is 5.48. The third-order valence-corrected chi connectivity index (χ3v) is 5.65. The number of halogens is 1. The molecule has 2 amide bonds. The molecule has 1 aromatic carbocycles. The first-order valence-electron chi connectivity index (χ1n) is 9.68. The molecule has 0 saturated carbocycles. The number of carbonyl (C=O) groups is 2. The predicted octanol–water partition coefficient (Wildman–Crippen LogP) is 3.72. The van der Waals surface area contributed by atoms with Crippen molar-refractivity contribution in [3.05, 3.63) is 47.6 Å². The second kappa shape index (κ2) is 8.19. The summed E-state index contributed by atoms with van der Waals surface area (Å²) >= 11 is 6.20. The van der Waals surface area contributed by atoms with E-state index in [1.165, 1.54) is 19.3 Å². The summed E-state index contributed by atoms with van der Waals surface area (Å²) in [5.74, 6) is 0.270. The van der Waals surface area contributed by atoms with Crippen molar-refractivity contribution in [2.45, 2.75) is 25.7 Å². The number of nitrogens with one attached hydrogen (secondary N) is 1. The van der Waals surface area contributed by atoms with Gasteiger partial charge >= 0.3 is 0 Å². The van der Waals surface area contributed by atoms with Gasteiger partial charge in [-0.15, -0.1) is 0 Å². The van der Waals surface area contributed by atoms with Gasteiger partial charge in [0.25, 0.3) is 0 Å². The minimum Gasteiger partial charge on any atom is -0.357 e. The summed E-state index contributed by atoms with van der Waals surface area (Å²) in [7, 11) is 0. The lowest BCUT2D eigenvalue weighted by molar-refractivity contribution is -0.122. The second-order valence-electron chi connectivity index (χ2n) is 7.30. The molecule has 4 rings (SSSR count). The maximum absolute atomic E-state index is 12.6. The number of pyridine rings is 1. The van der Waals surface area contributed by atoms with E-state index < -0.39 is 5.92 Å². The van der Waals surface area contributed by atoms with Crippen LogP contribution < -0.4 is 15.1 Å². The highest BCUT2D eigenvalue weighted by atomic mass is 35.5. The van der Waals surface area contributed by atoms with Crippen LogP contribution in [0.15, 0.2) is 42.6 Å². The maximum atomic E-state index is 12.6. The Morgan fingerprint density at radius 2 is 1.89 bits per heavy atom. The zero-order valence-electron chi connectivity index (χ0n) is 15.6. The summed E-state index contributed by atoms with van der Waals surface area (Å²) in [6.45, 7) is 2.38. The Labute approximate surface area is 169 Å². The molecule has 28 heavy (non-hydrogen) atoms. The van der Waals surface area contributed by atoms with Crippen molar-refractivity contribution in [2.75, 3.05) is 34.8 Å². The number of amides is 2. The van der Waals surface area contributed by atoms with Crippen LogP contribution in [0.4, 0.5) is 17.2 Å². The minimum absolute atomic E-state index is 0.0909. The molecular weight excluding hydrogens is 376 g/mol. The molecule has 2 saturated heterocycles. The van der Waals surface area contributed by atoms with Crippen molar-refractivity contribution in [1.29, 1.82) is 0 Å². The van der Waals surface area contributed by atoms with E-state index in [0.717, 1.165) is 18.9 Å². The Hall–Kier alpha value is -2.60. The first-order valence-corrected chi connectivity index (χ1v) is 10.1. The van der Waals surface area contributed by atoms with Gasteiger partial charge in [0, 0.05) is 26.1 Å². The maximum Gasteiger partial charge on any atom is 0.229 e. The van der Waals surface area contributed by atoms with Crippen molar-refractivity contribution in [2.24, 2.45) is 5.92 Å². The zero-order valence-corrected chi connectivity index (χ0v) is 16.4. The molecule has 1 unspecified atom stereocenters. The van der Waals surface area contributed by atoms with Gasteiger partial charge in [-0.1, -0.05) is 23.7 Å². The lowest BCUT2D eigenvalue weighted by atomic mass is 10.1. The quantitative estimate of drug-likeness (QED) is 0.852. The van der Waals surface area contributed by atoms with Gasteiger partial charge in [0.05, 0.1) is 28.5 Å². The lowest BCUT2D eigenvalue weighted by Gasteiger charge is -2.27. The fourth-order valence-electron chi connectivity index (χ4n) is 3.80. The summed E-state index contributed by atoms with van der Waals surface area (Å²) < 4.78 is 0. The van der Waals surface area contributed by atoms with Crippen molar-refractivity contribution < 1.29 is 9.59 Å². The average molecular weight is 399 g/mol. The molecule has 0 spiro atoms. The predicted molar refractivity (Wildman–Crippen MR) is 111 cm³/mol. The van der Waals surface area contributed by atoms with E-state index >= 15 is 0 Å². The Bertz CT molecular complexity index is 865. The van der Waals surface area contributed by atoms with Gasteiger partial charge in [-0.3, -0.25) is 9.59 Å². The number of nitrogens with zero attached hydrogens (tertiary/aromatic N) is 3. The number of para-hydroxylation sites is 1. The fraction of sp³-hybridized carbons (Fsp3) is 0.381. The van der Waals surface area contributed by atoms with Crippen LogP contribution in [-0.2, 0) is 9.59 Å². The molecule has 7 heteroatoms. The first-order chi connectivity index (χ1) is 13.6. The normalized spacial score (nSPS) is 19.8. The highest BCUT2D eigenvalue weighted by Gasteiger charge is 2.35. The fourth-order valence-corrected chi connectivity index (χ4v) is 4.04. The molecule has 2 aromatic rings. The molecule has 3 heterocycles. The molecule has 0 bridgehead atoms.